The molecule has 0 aliphatic heterocycles. The van der Waals surface area contributed by atoms with Crippen molar-refractivity contribution in [2.45, 2.75) is 40.0 Å². The Morgan fingerprint density at radius 2 is 1.75 bits per heavy atom. The van der Waals surface area contributed by atoms with Crippen molar-refractivity contribution in [3.8, 4) is 0 Å². The first-order valence-electron chi connectivity index (χ1n) is 5.13. The van der Waals surface area contributed by atoms with Crippen LogP contribution in [-0.2, 0) is 0 Å². The second-order valence-electron chi connectivity index (χ2n) is 5.50. The third-order valence-electron chi connectivity index (χ3n) is 5.15. The number of aliphatic hydroxyl groups is 1. The van der Waals surface area contributed by atoms with Crippen molar-refractivity contribution in [1.29, 1.82) is 0 Å². The highest BCUT2D eigenvalue weighted by molar-refractivity contribution is 5.08. The molecular formula is C11H20O. The van der Waals surface area contributed by atoms with Crippen LogP contribution in [0.15, 0.2) is 0 Å². The first-order valence-corrected chi connectivity index (χ1v) is 5.13. The summed E-state index contributed by atoms with van der Waals surface area (Å²) in [7, 11) is 0. The van der Waals surface area contributed by atoms with E-state index in [1.807, 2.05) is 0 Å². The van der Waals surface area contributed by atoms with E-state index in [1.54, 1.807) is 0 Å². The van der Waals surface area contributed by atoms with Gasteiger partial charge in [0.2, 0.25) is 0 Å². The molecule has 2 rings (SSSR count). The Labute approximate surface area is 75.2 Å². The molecule has 2 bridgehead atoms. The van der Waals surface area contributed by atoms with Gasteiger partial charge in [0.25, 0.3) is 0 Å². The van der Waals surface area contributed by atoms with E-state index in [-0.39, 0.29) is 5.41 Å². The summed E-state index contributed by atoms with van der Waals surface area (Å²) in [6.07, 6.45) is 4.11. The zero-order chi connectivity index (χ0) is 8.98. The molecular weight excluding hydrogens is 148 g/mol. The monoisotopic (exact) mass is 168 g/mol. The molecule has 1 heteroatoms. The van der Waals surface area contributed by atoms with Gasteiger partial charge in [-0.3, -0.25) is 0 Å². The fraction of sp³-hybridized carbons (Fsp3) is 1.00. The van der Waals surface area contributed by atoms with Crippen molar-refractivity contribution in [2.75, 3.05) is 6.61 Å². The Hall–Kier alpha value is -0.0400. The van der Waals surface area contributed by atoms with E-state index in [4.69, 9.17) is 0 Å². The summed E-state index contributed by atoms with van der Waals surface area (Å²) in [5.74, 6) is 1.67. The van der Waals surface area contributed by atoms with Crippen LogP contribution in [0.25, 0.3) is 0 Å². The third kappa shape index (κ3) is 0.736. The molecule has 0 aromatic rings. The standard InChI is InChI=1S/C11H20O/c1-10(2)8-4-5-9(6-8)11(10,3)7-12/h8-9,12H,4-7H2,1-3H3/t8-,9+,11-/m1/s1. The maximum atomic E-state index is 9.48. The molecule has 0 aromatic carbocycles. The normalized spacial score (nSPS) is 50.0. The van der Waals surface area contributed by atoms with E-state index in [0.29, 0.717) is 12.0 Å². The van der Waals surface area contributed by atoms with Gasteiger partial charge in [-0.15, -0.1) is 0 Å². The van der Waals surface area contributed by atoms with Crippen molar-refractivity contribution >= 4 is 0 Å². The molecule has 2 aliphatic carbocycles. The zero-order valence-electron chi connectivity index (χ0n) is 8.43. The Morgan fingerprint density at radius 3 is 2.08 bits per heavy atom. The maximum Gasteiger partial charge on any atom is 0.0492 e. The Kier molecular flexibility index (Phi) is 1.61. The van der Waals surface area contributed by atoms with Crippen molar-refractivity contribution in [3.63, 3.8) is 0 Å². The Morgan fingerprint density at radius 1 is 1.17 bits per heavy atom. The van der Waals surface area contributed by atoms with Gasteiger partial charge < -0.3 is 5.11 Å². The smallest absolute Gasteiger partial charge is 0.0492 e. The van der Waals surface area contributed by atoms with Gasteiger partial charge in [0.1, 0.15) is 0 Å². The van der Waals surface area contributed by atoms with Gasteiger partial charge in [0, 0.05) is 6.61 Å². The molecule has 0 heterocycles. The predicted molar refractivity (Wildman–Crippen MR) is 49.8 cm³/mol. The van der Waals surface area contributed by atoms with Crippen LogP contribution in [0.3, 0.4) is 0 Å². The minimum Gasteiger partial charge on any atom is -0.396 e. The summed E-state index contributed by atoms with van der Waals surface area (Å²) in [5, 5.41) is 9.48. The lowest BCUT2D eigenvalue weighted by molar-refractivity contribution is -0.0280. The molecule has 2 saturated carbocycles. The molecule has 0 unspecified atom stereocenters. The molecule has 70 valence electrons. The lowest BCUT2D eigenvalue weighted by Crippen LogP contribution is -2.43. The van der Waals surface area contributed by atoms with Gasteiger partial charge in [-0.2, -0.15) is 0 Å². The summed E-state index contributed by atoms with van der Waals surface area (Å²) in [4.78, 5) is 0. The molecule has 1 nitrogen and oxygen atoms in total. The van der Waals surface area contributed by atoms with Crippen molar-refractivity contribution in [1.82, 2.24) is 0 Å². The average Bonchev–Trinajstić information content (AvgIpc) is 2.55. The highest BCUT2D eigenvalue weighted by atomic mass is 16.3. The first kappa shape index (κ1) is 8.55. The summed E-state index contributed by atoms with van der Waals surface area (Å²) in [5.41, 5.74) is 0.570. The summed E-state index contributed by atoms with van der Waals surface area (Å²) in [6, 6.07) is 0. The molecule has 0 saturated heterocycles. The molecule has 2 fully saturated rings. The maximum absolute atomic E-state index is 9.48. The van der Waals surface area contributed by atoms with E-state index in [1.165, 1.54) is 19.3 Å². The minimum absolute atomic E-state index is 0.204. The van der Waals surface area contributed by atoms with E-state index in [0.717, 1.165) is 11.8 Å². The van der Waals surface area contributed by atoms with Crippen LogP contribution in [-0.4, -0.2) is 11.7 Å². The van der Waals surface area contributed by atoms with Gasteiger partial charge in [0.05, 0.1) is 0 Å². The number of fused-ring (bicyclic) bond motifs is 2. The summed E-state index contributed by atoms with van der Waals surface area (Å²) in [6.45, 7) is 7.33. The van der Waals surface area contributed by atoms with Crippen LogP contribution in [0.4, 0.5) is 0 Å². The second kappa shape index (κ2) is 2.25. The molecule has 0 amide bonds. The number of hydrogen-bond donors (Lipinski definition) is 1. The van der Waals surface area contributed by atoms with Crippen LogP contribution < -0.4 is 0 Å². The number of hydrogen-bond acceptors (Lipinski definition) is 1. The van der Waals surface area contributed by atoms with E-state index < -0.39 is 0 Å². The largest absolute Gasteiger partial charge is 0.396 e. The average molecular weight is 168 g/mol. The summed E-state index contributed by atoms with van der Waals surface area (Å²) >= 11 is 0. The molecule has 12 heavy (non-hydrogen) atoms. The third-order valence-corrected chi connectivity index (χ3v) is 5.15. The Balaban J connectivity index is 2.34. The van der Waals surface area contributed by atoms with Crippen LogP contribution >= 0.6 is 0 Å². The number of rotatable bonds is 1. The van der Waals surface area contributed by atoms with Gasteiger partial charge in [-0.25, -0.2) is 0 Å². The van der Waals surface area contributed by atoms with Crippen LogP contribution in [0.2, 0.25) is 0 Å². The fourth-order valence-electron chi connectivity index (χ4n) is 3.54. The van der Waals surface area contributed by atoms with Crippen molar-refractivity contribution in [3.05, 3.63) is 0 Å². The SMILES string of the molecule is CC1(C)[C@@H]2CC[C@@H](C2)[C@@]1(C)CO. The summed E-state index contributed by atoms with van der Waals surface area (Å²) < 4.78 is 0. The lowest BCUT2D eigenvalue weighted by Gasteiger charge is -2.46. The molecule has 1 N–H and O–H groups in total. The fourth-order valence-corrected chi connectivity index (χ4v) is 3.54. The van der Waals surface area contributed by atoms with Crippen molar-refractivity contribution < 1.29 is 5.11 Å². The van der Waals surface area contributed by atoms with Crippen LogP contribution in [0.5, 0.6) is 0 Å². The van der Waals surface area contributed by atoms with Crippen LogP contribution in [0.1, 0.15) is 40.0 Å². The van der Waals surface area contributed by atoms with Crippen LogP contribution in [0, 0.1) is 22.7 Å². The first-order chi connectivity index (χ1) is 5.52. The predicted octanol–water partition coefficient (Wildman–Crippen LogP) is 2.44. The lowest BCUT2D eigenvalue weighted by atomic mass is 9.59. The van der Waals surface area contributed by atoms with Gasteiger partial charge in [0.15, 0.2) is 0 Å². The second-order valence-corrected chi connectivity index (χ2v) is 5.50. The van der Waals surface area contributed by atoms with Gasteiger partial charge >= 0.3 is 0 Å². The topological polar surface area (TPSA) is 20.2 Å². The van der Waals surface area contributed by atoms with Gasteiger partial charge in [-0.1, -0.05) is 20.8 Å². The molecule has 0 spiro atoms. The highest BCUT2D eigenvalue weighted by Crippen LogP contribution is 2.65. The molecule has 0 aromatic heterocycles. The van der Waals surface area contributed by atoms with Crippen molar-refractivity contribution in [2.24, 2.45) is 22.7 Å². The van der Waals surface area contributed by atoms with E-state index >= 15 is 0 Å². The quantitative estimate of drug-likeness (QED) is 0.637. The van der Waals surface area contributed by atoms with Gasteiger partial charge in [-0.05, 0) is 41.9 Å². The zero-order valence-corrected chi connectivity index (χ0v) is 8.43. The minimum atomic E-state index is 0.204. The van der Waals surface area contributed by atoms with E-state index in [9.17, 15) is 5.11 Å². The molecule has 0 radical (unpaired) electrons. The Bertz CT molecular complexity index is 197. The molecule has 3 atom stereocenters. The van der Waals surface area contributed by atoms with E-state index in [2.05, 4.69) is 20.8 Å². The number of aliphatic hydroxyl groups excluding tert-OH is 1. The highest BCUT2D eigenvalue weighted by Gasteiger charge is 2.59. The molecule has 2 aliphatic rings.